The molecular weight excluding hydrogens is 1590 g/mol. The number of morpholine rings is 6. The van der Waals surface area contributed by atoms with E-state index in [1.54, 1.807) is 33.9 Å². The number of rotatable bonds is 9. The maximum atomic E-state index is 12.1. The van der Waals surface area contributed by atoms with Gasteiger partial charge in [-0.05, 0) is 205 Å². The Morgan fingerprint density at radius 3 is 0.937 bits per heavy atom. The molecule has 8 rings (SSSR count). The molecule has 2 unspecified atom stereocenters. The molecule has 0 radical (unpaired) electrons. The number of Topliss-reactive ketones (excluding diaryl/α,β-unsaturated/α-hetero) is 1. The quantitative estimate of drug-likeness (QED) is 0.0381. The molecule has 0 aliphatic carbocycles. The monoisotopic (exact) mass is 1730 g/mol. The SMILES string of the molecule is CC(=O)CO.CC(CO)N[C@H](C)CO.CC1COC[C@@H](C)N1.C[C@@H](N)CO.C[C@@H]1COC[C@@H](C)N1.C[C@@H]1COC[C@@H](C)N1C(=O)OC(C)(C)C.C[C@@H]1COC[C@@H](C)N1C(=O)OC(C)(C)C.C[C@@H]1COC[C@@H](C)N1c1ccc([N+](=O)[O-])nc1.C[C@@H]1COC[C@H](C)N1C(=O)OC(C)(C)C.Cl.Cl.O=[N+]([O-])c1ccc(F)cn1.[CH3-].[Pd]. The van der Waals surface area contributed by atoms with Crippen LogP contribution in [-0.4, -0.2) is 292 Å². The molecular formula is C74H142Cl2FN12O21Pd-. The first-order valence-corrected chi connectivity index (χ1v) is 36.7. The Balaban J connectivity index is -0.000000280. The van der Waals surface area contributed by atoms with E-state index in [2.05, 4.69) is 72.4 Å². The Labute approximate surface area is 687 Å². The topological polar surface area (TPSA) is 419 Å². The number of carbonyl (C=O) groups is 4. The Morgan fingerprint density at radius 2 is 0.757 bits per heavy atom. The van der Waals surface area contributed by atoms with Crippen molar-refractivity contribution in [1.82, 2.24) is 40.6 Å². The first-order valence-electron chi connectivity index (χ1n) is 36.7. The van der Waals surface area contributed by atoms with E-state index in [9.17, 15) is 43.8 Å². The second-order valence-electron chi connectivity index (χ2n) is 30.6. The number of halogens is 3. The molecule has 111 heavy (non-hydrogen) atoms. The molecule has 15 atom stereocenters. The van der Waals surface area contributed by atoms with Crippen molar-refractivity contribution in [2.75, 3.05) is 111 Å². The number of ketones is 1. The van der Waals surface area contributed by atoms with E-state index in [0.29, 0.717) is 77.0 Å². The number of carbonyl (C=O) groups excluding carboxylic acids is 4. The molecule has 2 aromatic heterocycles. The van der Waals surface area contributed by atoms with Crippen molar-refractivity contribution < 1.29 is 117 Å². The standard InChI is InChI=1S/C11H15N3O3.3C11H21NO3.C6H15NO2.2C6H13NO.C5H3FN2O2.C3H9NO.C3H6O2.CH3.2ClH.Pd/c1-8-6-17-7-9(2)13(8)10-3-4-11(12-5-10)14(15)16;3*1-8-6-14-7-9(2)12(8)10(13)15-11(3,4)5;1-5(3-8)7-6(2)4-9;2*1-5-3-8-4-6(2)7-5;6-4-1-2-5(7-3-4)8(9)10;1-3(4)2-5;1-3(5)2-4;;;;/h3-5,8-9H,6-7H2,1-2H3;3*8-9H,6-7H2,1-5H3;5-9H,3-4H2,1-2H3;2*5-7H,3-4H2,1-2H3;1-3H;3,5H,2,4H2,1H3;4H,2H2,1H3;1H3;2*1H;/q;;;;;;;;;;-1;;;/t8-,9-;8-,9+;2*8-,9-;2*5-,6?;5-,6-;;3-;;;;;/m1.11111.1...../s1. The number of aliphatic hydroxyl groups is 4. The maximum absolute atomic E-state index is 12.1. The van der Waals surface area contributed by atoms with Crippen LogP contribution in [0.5, 0.6) is 0 Å². The molecule has 0 aromatic carbocycles. The largest absolute Gasteiger partial charge is 0.444 e. The predicted molar refractivity (Wildman–Crippen MR) is 429 cm³/mol. The van der Waals surface area contributed by atoms with Crippen LogP contribution in [-0.2, 0) is 67.8 Å². The number of aliphatic hydroxyl groups excluding tert-OH is 4. The Kier molecular flexibility index (Phi) is 64.6. The molecule has 656 valence electrons. The molecule has 6 aliphatic rings. The van der Waals surface area contributed by atoms with Crippen LogP contribution in [0.3, 0.4) is 0 Å². The van der Waals surface area contributed by atoms with Gasteiger partial charge in [0.1, 0.15) is 23.4 Å². The van der Waals surface area contributed by atoms with Gasteiger partial charge < -0.3 is 117 Å². The summed E-state index contributed by atoms with van der Waals surface area (Å²) in [4.78, 5) is 79.0. The first-order chi connectivity index (χ1) is 49.5. The number of hydrogen-bond acceptors (Lipinski definition) is 28. The van der Waals surface area contributed by atoms with Crippen LogP contribution in [0.4, 0.5) is 36.1 Å². The minimum atomic E-state index is -0.681. The Hall–Kier alpha value is -5.01. The van der Waals surface area contributed by atoms with Gasteiger partial charge >= 0.3 is 29.9 Å². The number of aromatic nitrogens is 2. The van der Waals surface area contributed by atoms with Crippen molar-refractivity contribution in [2.45, 2.75) is 281 Å². The van der Waals surface area contributed by atoms with Crippen molar-refractivity contribution in [3.63, 3.8) is 0 Å². The maximum Gasteiger partial charge on any atom is 0.410 e. The van der Waals surface area contributed by atoms with Crippen LogP contribution >= 0.6 is 24.8 Å². The van der Waals surface area contributed by atoms with Crippen LogP contribution in [0.15, 0.2) is 36.7 Å². The second kappa shape index (κ2) is 61.4. The predicted octanol–water partition coefficient (Wildman–Crippen LogP) is 9.11. The van der Waals surface area contributed by atoms with Crippen molar-refractivity contribution in [3.8, 4) is 0 Å². The summed E-state index contributed by atoms with van der Waals surface area (Å²) < 4.78 is 60.1. The van der Waals surface area contributed by atoms with Gasteiger partial charge in [-0.15, -0.1) is 24.8 Å². The van der Waals surface area contributed by atoms with Gasteiger partial charge in [-0.3, -0.25) is 19.5 Å². The van der Waals surface area contributed by atoms with Gasteiger partial charge in [0.05, 0.1) is 153 Å². The third-order valence-corrected chi connectivity index (χ3v) is 14.8. The number of nitrogens with two attached hydrogens (primary N) is 1. The smallest absolute Gasteiger partial charge is 0.410 e. The molecule has 0 spiro atoms. The molecule has 6 aliphatic heterocycles. The number of hydrogen-bond donors (Lipinski definition) is 8. The number of nitro groups is 2. The fourth-order valence-electron chi connectivity index (χ4n) is 10.3. The Morgan fingerprint density at radius 1 is 0.514 bits per heavy atom. The Bertz CT molecular complexity index is 2580. The third-order valence-electron chi connectivity index (χ3n) is 14.8. The van der Waals surface area contributed by atoms with Crippen LogP contribution in [0.25, 0.3) is 0 Å². The molecule has 3 amide bonds. The minimum absolute atomic E-state index is 0. The summed E-state index contributed by atoms with van der Waals surface area (Å²) in [6.07, 6.45) is 1.62. The fraction of sp³-hybridized carbons (Fsp3) is 0.797. The van der Waals surface area contributed by atoms with Crippen LogP contribution in [0, 0.1) is 33.5 Å². The van der Waals surface area contributed by atoms with Crippen LogP contribution in [0.2, 0.25) is 0 Å². The summed E-state index contributed by atoms with van der Waals surface area (Å²) in [5.74, 6) is -1.24. The molecule has 6 fully saturated rings. The molecule has 8 heterocycles. The number of ether oxygens (including phenoxy) is 9. The molecule has 2 aromatic rings. The van der Waals surface area contributed by atoms with E-state index < -0.39 is 32.5 Å². The van der Waals surface area contributed by atoms with Gasteiger partial charge in [0.25, 0.3) is 0 Å². The number of nitrogens with one attached hydrogen (secondary N) is 3. The zero-order valence-corrected chi connectivity index (χ0v) is 74.0. The first kappa shape index (κ1) is 117. The van der Waals surface area contributed by atoms with Crippen LogP contribution < -0.4 is 26.6 Å². The van der Waals surface area contributed by atoms with Gasteiger partial charge in [0.2, 0.25) is 0 Å². The molecule has 6 saturated heterocycles. The van der Waals surface area contributed by atoms with Gasteiger partial charge in [-0.2, -0.15) is 0 Å². The molecule has 0 bridgehead atoms. The summed E-state index contributed by atoms with van der Waals surface area (Å²) in [5.41, 5.74) is 4.64. The molecule has 37 heteroatoms. The van der Waals surface area contributed by atoms with Crippen molar-refractivity contribution in [2.24, 2.45) is 5.73 Å². The van der Waals surface area contributed by atoms with Crippen molar-refractivity contribution in [3.05, 3.63) is 70.1 Å². The summed E-state index contributed by atoms with van der Waals surface area (Å²) >= 11 is 0. The zero-order valence-electron chi connectivity index (χ0n) is 70.8. The van der Waals surface area contributed by atoms with Crippen LogP contribution in [0.1, 0.15) is 173 Å². The summed E-state index contributed by atoms with van der Waals surface area (Å²) in [5, 5.41) is 63.0. The van der Waals surface area contributed by atoms with Gasteiger partial charge in [0, 0.05) is 74.8 Å². The van der Waals surface area contributed by atoms with E-state index in [-0.39, 0.29) is 181 Å². The molecule has 0 saturated carbocycles. The van der Waals surface area contributed by atoms with E-state index >= 15 is 0 Å². The van der Waals surface area contributed by atoms with E-state index in [0.717, 1.165) is 50.4 Å². The van der Waals surface area contributed by atoms with Crippen molar-refractivity contribution >= 4 is 66.2 Å². The van der Waals surface area contributed by atoms with E-state index in [1.807, 2.05) is 118 Å². The van der Waals surface area contributed by atoms with E-state index in [4.69, 9.17) is 68.8 Å². The number of pyridine rings is 2. The average Bonchev–Trinajstić information content (AvgIpc) is 0.686. The van der Waals surface area contributed by atoms with Gasteiger partial charge in [-0.25, -0.2) is 18.8 Å². The second-order valence-corrected chi connectivity index (χ2v) is 30.6. The average molecular weight is 1730 g/mol. The summed E-state index contributed by atoms with van der Waals surface area (Å²) in [6.45, 7) is 56.5. The third kappa shape index (κ3) is 55.2. The normalized spacial score (nSPS) is 24.0. The summed E-state index contributed by atoms with van der Waals surface area (Å²) in [7, 11) is 0. The van der Waals surface area contributed by atoms with Crippen molar-refractivity contribution in [1.29, 1.82) is 0 Å². The number of amides is 3. The molecule has 33 nitrogen and oxygen atoms in total. The van der Waals surface area contributed by atoms with Gasteiger partial charge in [-0.1, -0.05) is 0 Å². The zero-order chi connectivity index (χ0) is 82.7. The minimum Gasteiger partial charge on any atom is -0.444 e. The number of anilines is 1. The fourth-order valence-corrected chi connectivity index (χ4v) is 10.3. The number of nitrogens with zero attached hydrogens (tertiary/aromatic N) is 8. The van der Waals surface area contributed by atoms with Gasteiger partial charge in [0.15, 0.2) is 24.0 Å². The molecule has 9 N–H and O–H groups in total. The summed E-state index contributed by atoms with van der Waals surface area (Å²) in [6, 6.07) is 8.45. The van der Waals surface area contributed by atoms with E-state index in [1.165, 1.54) is 13.0 Å².